The summed E-state index contributed by atoms with van der Waals surface area (Å²) >= 11 is 6.07. The van der Waals surface area contributed by atoms with Gasteiger partial charge in [-0.15, -0.1) is 0 Å². The Bertz CT molecular complexity index is 974. The number of rotatable bonds is 6. The normalized spacial score (nSPS) is 19.8. The Morgan fingerprint density at radius 3 is 2.36 bits per heavy atom. The summed E-state index contributed by atoms with van der Waals surface area (Å²) in [7, 11) is 6.04. The van der Waals surface area contributed by atoms with Gasteiger partial charge in [-0.1, -0.05) is 11.6 Å². The second-order valence-electron chi connectivity index (χ2n) is 10.0. The number of hydrogen-bond acceptors (Lipinski definition) is 4. The van der Waals surface area contributed by atoms with Crippen LogP contribution in [-0.2, 0) is 4.79 Å². The molecule has 4 rings (SSSR count). The van der Waals surface area contributed by atoms with Crippen molar-refractivity contribution >= 4 is 34.3 Å². The van der Waals surface area contributed by atoms with Gasteiger partial charge in [0.25, 0.3) is 5.91 Å². The fraction of sp³-hybridized carbons (Fsp3) is 0.600. The zero-order chi connectivity index (χ0) is 23.5. The molecule has 1 aromatic carbocycles. The molecule has 0 aliphatic carbocycles. The van der Waals surface area contributed by atoms with E-state index in [0.29, 0.717) is 23.2 Å². The molecule has 2 N–H and O–H groups in total. The lowest BCUT2D eigenvalue weighted by atomic mass is 9.79. The Morgan fingerprint density at radius 1 is 1.09 bits per heavy atom. The van der Waals surface area contributed by atoms with Gasteiger partial charge in [0.2, 0.25) is 5.91 Å². The van der Waals surface area contributed by atoms with Gasteiger partial charge < -0.3 is 25.0 Å². The van der Waals surface area contributed by atoms with Crippen molar-refractivity contribution in [3.05, 3.63) is 35.0 Å². The number of aromatic nitrogens is 1. The van der Waals surface area contributed by atoms with Crippen LogP contribution in [0.1, 0.15) is 36.2 Å². The molecule has 0 radical (unpaired) electrons. The van der Waals surface area contributed by atoms with E-state index in [0.717, 1.165) is 42.8 Å². The van der Waals surface area contributed by atoms with Gasteiger partial charge in [0.15, 0.2) is 0 Å². The molecular formula is C25H36ClN5O2. The van der Waals surface area contributed by atoms with Crippen LogP contribution in [0.15, 0.2) is 24.3 Å². The van der Waals surface area contributed by atoms with Crippen LogP contribution in [-0.4, -0.2) is 91.4 Å². The fourth-order valence-corrected chi connectivity index (χ4v) is 5.50. The van der Waals surface area contributed by atoms with Gasteiger partial charge in [0.1, 0.15) is 11.7 Å². The van der Waals surface area contributed by atoms with Crippen molar-refractivity contribution < 1.29 is 9.59 Å². The molecule has 1 atom stereocenters. The third-order valence-corrected chi connectivity index (χ3v) is 7.49. The second kappa shape index (κ2) is 10.5. The molecule has 2 aliphatic rings. The van der Waals surface area contributed by atoms with E-state index in [2.05, 4.69) is 22.2 Å². The minimum atomic E-state index is -0.581. The third-order valence-electron chi connectivity index (χ3n) is 7.26. The highest BCUT2D eigenvalue weighted by Crippen LogP contribution is 2.32. The summed E-state index contributed by atoms with van der Waals surface area (Å²) in [5, 5.41) is 4.47. The maximum absolute atomic E-state index is 13.4. The maximum atomic E-state index is 13.4. The van der Waals surface area contributed by atoms with E-state index < -0.39 is 6.04 Å². The molecule has 2 amide bonds. The Balaban J connectivity index is 1.38. The minimum Gasteiger partial charge on any atom is -0.351 e. The van der Waals surface area contributed by atoms with Crippen LogP contribution in [0.4, 0.5) is 0 Å². The Labute approximate surface area is 201 Å². The fourth-order valence-electron chi connectivity index (χ4n) is 5.32. The standard InChI is InChI=1S/C25H36ClN5O2/c1-29(2)16-23(28-24(32)22-15-19-14-20(26)4-5-21(19)27-22)25(33)31-12-8-18(9-13-31)17-6-10-30(3)11-7-17/h4-5,14-15,17-18,23,27H,6-13,16H2,1-3H3,(H,28,32)/t23-/m1/s1. The summed E-state index contributed by atoms with van der Waals surface area (Å²) in [5.41, 5.74) is 1.28. The summed E-state index contributed by atoms with van der Waals surface area (Å²) in [6.45, 7) is 4.38. The summed E-state index contributed by atoms with van der Waals surface area (Å²) in [6.07, 6.45) is 4.66. The zero-order valence-electron chi connectivity index (χ0n) is 19.9. The first-order valence-corrected chi connectivity index (χ1v) is 12.4. The van der Waals surface area contributed by atoms with Crippen molar-refractivity contribution in [1.29, 1.82) is 0 Å². The summed E-state index contributed by atoms with van der Waals surface area (Å²) in [4.78, 5) is 35.8. The van der Waals surface area contributed by atoms with Crippen molar-refractivity contribution in [2.45, 2.75) is 31.7 Å². The smallest absolute Gasteiger partial charge is 0.268 e. The Hall–Kier alpha value is -2.09. The number of carbonyl (C=O) groups excluding carboxylic acids is 2. The van der Waals surface area contributed by atoms with Gasteiger partial charge in [-0.3, -0.25) is 9.59 Å². The number of benzene rings is 1. The molecule has 2 fully saturated rings. The molecule has 2 aromatic rings. The Morgan fingerprint density at radius 2 is 1.73 bits per heavy atom. The number of likely N-dealkylation sites (N-methyl/N-ethyl adjacent to an activating group) is 1. The lowest BCUT2D eigenvalue weighted by Gasteiger charge is -2.40. The number of piperidine rings is 2. The van der Waals surface area contributed by atoms with Crippen LogP contribution in [0.3, 0.4) is 0 Å². The highest BCUT2D eigenvalue weighted by molar-refractivity contribution is 6.31. The summed E-state index contributed by atoms with van der Waals surface area (Å²) < 4.78 is 0. The van der Waals surface area contributed by atoms with E-state index in [1.165, 1.54) is 25.9 Å². The zero-order valence-corrected chi connectivity index (χ0v) is 20.7. The highest BCUT2D eigenvalue weighted by atomic mass is 35.5. The van der Waals surface area contributed by atoms with E-state index in [-0.39, 0.29) is 11.8 Å². The average Bonchev–Trinajstić information content (AvgIpc) is 3.22. The van der Waals surface area contributed by atoms with E-state index in [9.17, 15) is 9.59 Å². The van der Waals surface area contributed by atoms with Crippen molar-refractivity contribution in [3.8, 4) is 0 Å². The van der Waals surface area contributed by atoms with Crippen molar-refractivity contribution in [3.63, 3.8) is 0 Å². The maximum Gasteiger partial charge on any atom is 0.268 e. The molecule has 0 unspecified atom stereocenters. The molecule has 7 nitrogen and oxygen atoms in total. The molecule has 3 heterocycles. The lowest BCUT2D eigenvalue weighted by molar-refractivity contribution is -0.135. The van der Waals surface area contributed by atoms with Gasteiger partial charge in [-0.05, 0) is 96.0 Å². The van der Waals surface area contributed by atoms with Crippen molar-refractivity contribution in [2.75, 3.05) is 53.9 Å². The van der Waals surface area contributed by atoms with E-state index in [4.69, 9.17) is 11.6 Å². The SMILES string of the molecule is CN(C)C[C@@H](NC(=O)c1cc2cc(Cl)ccc2[nH]1)C(=O)N1CCC(C2CCN(C)CC2)CC1. The number of aromatic amines is 1. The quantitative estimate of drug-likeness (QED) is 0.676. The first-order chi connectivity index (χ1) is 15.8. The van der Waals surface area contributed by atoms with Crippen LogP contribution in [0.5, 0.6) is 0 Å². The number of likely N-dealkylation sites (tertiary alicyclic amines) is 2. The van der Waals surface area contributed by atoms with Gasteiger partial charge in [0, 0.05) is 35.6 Å². The average molecular weight is 474 g/mol. The van der Waals surface area contributed by atoms with Crippen molar-refractivity contribution in [2.24, 2.45) is 11.8 Å². The molecule has 2 saturated heterocycles. The van der Waals surface area contributed by atoms with Gasteiger partial charge in [-0.25, -0.2) is 0 Å². The van der Waals surface area contributed by atoms with E-state index in [1.54, 1.807) is 12.1 Å². The molecule has 0 spiro atoms. The molecular weight excluding hydrogens is 438 g/mol. The number of halogens is 1. The predicted octanol–water partition coefficient (Wildman–Crippen LogP) is 3.06. The molecule has 1 aromatic heterocycles. The number of nitrogens with one attached hydrogen (secondary N) is 2. The Kier molecular flexibility index (Phi) is 7.62. The number of amides is 2. The van der Waals surface area contributed by atoms with Crippen LogP contribution < -0.4 is 5.32 Å². The minimum absolute atomic E-state index is 0.0121. The summed E-state index contributed by atoms with van der Waals surface area (Å²) in [5.74, 6) is 1.23. The number of H-pyrrole nitrogens is 1. The van der Waals surface area contributed by atoms with Crippen molar-refractivity contribution in [1.82, 2.24) is 25.0 Å². The molecule has 0 bridgehead atoms. The van der Waals surface area contributed by atoms with Crippen LogP contribution in [0.25, 0.3) is 10.9 Å². The van der Waals surface area contributed by atoms with Gasteiger partial charge in [-0.2, -0.15) is 0 Å². The summed E-state index contributed by atoms with van der Waals surface area (Å²) in [6, 6.07) is 6.66. The topological polar surface area (TPSA) is 71.7 Å². The number of fused-ring (bicyclic) bond motifs is 1. The van der Waals surface area contributed by atoms with Gasteiger partial charge in [0.05, 0.1) is 0 Å². The molecule has 0 saturated carbocycles. The van der Waals surface area contributed by atoms with Crippen LogP contribution in [0.2, 0.25) is 5.02 Å². The van der Waals surface area contributed by atoms with Crippen LogP contribution >= 0.6 is 11.6 Å². The highest BCUT2D eigenvalue weighted by Gasteiger charge is 2.33. The largest absolute Gasteiger partial charge is 0.351 e. The number of hydrogen-bond donors (Lipinski definition) is 2. The van der Waals surface area contributed by atoms with E-state index in [1.807, 2.05) is 36.0 Å². The molecule has 33 heavy (non-hydrogen) atoms. The first-order valence-electron chi connectivity index (χ1n) is 12.0. The third kappa shape index (κ3) is 5.89. The predicted molar refractivity (Wildman–Crippen MR) is 133 cm³/mol. The lowest BCUT2D eigenvalue weighted by Crippen LogP contribution is -2.54. The first kappa shape index (κ1) is 24.0. The number of carbonyl (C=O) groups is 2. The molecule has 2 aliphatic heterocycles. The number of nitrogens with zero attached hydrogens (tertiary/aromatic N) is 3. The van der Waals surface area contributed by atoms with Crippen LogP contribution in [0, 0.1) is 11.8 Å². The van der Waals surface area contributed by atoms with E-state index >= 15 is 0 Å². The monoisotopic (exact) mass is 473 g/mol. The second-order valence-corrected chi connectivity index (χ2v) is 10.4. The molecule has 8 heteroatoms. The molecule has 180 valence electrons. The van der Waals surface area contributed by atoms with Gasteiger partial charge >= 0.3 is 0 Å².